The number of carboxylic acids is 1. The number of ketones is 1. The molecule has 2 aromatic carbocycles. The first-order chi connectivity index (χ1) is 14.8. The molecule has 31 heavy (non-hydrogen) atoms. The number of likely N-dealkylation sites (tertiary alicyclic amines) is 1. The second-order valence-corrected chi connectivity index (χ2v) is 7.19. The van der Waals surface area contributed by atoms with Crippen LogP contribution in [0.25, 0.3) is 5.76 Å². The molecule has 0 radical (unpaired) electrons. The molecule has 0 spiro atoms. The van der Waals surface area contributed by atoms with Gasteiger partial charge in [0.25, 0.3) is 11.7 Å². The van der Waals surface area contributed by atoms with E-state index in [1.807, 2.05) is 0 Å². The third-order valence-electron chi connectivity index (χ3n) is 4.95. The van der Waals surface area contributed by atoms with Crippen molar-refractivity contribution in [1.29, 1.82) is 0 Å². The number of carboxylic acid groups (broad SMARTS) is 1. The van der Waals surface area contributed by atoms with Crippen LogP contribution in [-0.4, -0.2) is 53.5 Å². The van der Waals surface area contributed by atoms with E-state index in [4.69, 9.17) is 26.2 Å². The summed E-state index contributed by atoms with van der Waals surface area (Å²) in [7, 11) is 2.91. The van der Waals surface area contributed by atoms with Crippen molar-refractivity contribution < 1.29 is 34.1 Å². The van der Waals surface area contributed by atoms with Gasteiger partial charge in [-0.15, -0.1) is 0 Å². The normalized spacial score (nSPS) is 17.6. The van der Waals surface area contributed by atoms with Crippen molar-refractivity contribution in [3.63, 3.8) is 0 Å². The molecule has 2 aromatic rings. The number of hydrogen-bond acceptors (Lipinski definition) is 6. The third-order valence-corrected chi connectivity index (χ3v) is 5.20. The van der Waals surface area contributed by atoms with Crippen molar-refractivity contribution in [2.45, 2.75) is 12.5 Å². The predicted molar refractivity (Wildman–Crippen MR) is 112 cm³/mol. The SMILES string of the molecule is COc1ccc([C@@H]2/C(=C(\O)c3ccc(Cl)cc3)C(=O)C(=O)N2CCC(=O)O)cc1OC. The molecule has 1 aliphatic heterocycles. The fourth-order valence-corrected chi connectivity index (χ4v) is 3.59. The molecular weight excluding hydrogens is 426 g/mol. The molecule has 2 N–H and O–H groups in total. The number of nitrogens with zero attached hydrogens (tertiary/aromatic N) is 1. The molecule has 0 aromatic heterocycles. The highest BCUT2D eigenvalue weighted by atomic mass is 35.5. The molecule has 162 valence electrons. The van der Waals surface area contributed by atoms with E-state index in [0.717, 1.165) is 4.90 Å². The number of methoxy groups -OCH3 is 2. The van der Waals surface area contributed by atoms with Crippen LogP contribution in [0.1, 0.15) is 23.6 Å². The van der Waals surface area contributed by atoms with Gasteiger partial charge in [0, 0.05) is 17.1 Å². The molecule has 0 saturated carbocycles. The molecule has 0 bridgehead atoms. The van der Waals surface area contributed by atoms with Gasteiger partial charge in [-0.05, 0) is 42.0 Å². The summed E-state index contributed by atoms with van der Waals surface area (Å²) in [4.78, 5) is 37.9. The Labute approximate surface area is 183 Å². The Morgan fingerprint density at radius 2 is 1.68 bits per heavy atom. The largest absolute Gasteiger partial charge is 0.507 e. The zero-order valence-corrected chi connectivity index (χ0v) is 17.5. The molecule has 0 unspecified atom stereocenters. The second kappa shape index (κ2) is 9.09. The summed E-state index contributed by atoms with van der Waals surface area (Å²) in [5.41, 5.74) is 0.605. The summed E-state index contributed by atoms with van der Waals surface area (Å²) in [5, 5.41) is 20.4. The molecule has 9 heteroatoms. The lowest BCUT2D eigenvalue weighted by Crippen LogP contribution is -2.31. The van der Waals surface area contributed by atoms with Gasteiger partial charge in [-0.25, -0.2) is 0 Å². The maximum Gasteiger partial charge on any atom is 0.305 e. The summed E-state index contributed by atoms with van der Waals surface area (Å²) >= 11 is 5.90. The van der Waals surface area contributed by atoms with Gasteiger partial charge in [-0.3, -0.25) is 14.4 Å². The molecule has 1 saturated heterocycles. The minimum Gasteiger partial charge on any atom is -0.507 e. The first kappa shape index (κ1) is 22.2. The van der Waals surface area contributed by atoms with Crippen LogP contribution in [0.15, 0.2) is 48.0 Å². The van der Waals surface area contributed by atoms with Gasteiger partial charge in [-0.2, -0.15) is 0 Å². The van der Waals surface area contributed by atoms with E-state index in [2.05, 4.69) is 0 Å². The lowest BCUT2D eigenvalue weighted by Gasteiger charge is -2.25. The number of amides is 1. The van der Waals surface area contributed by atoms with Gasteiger partial charge >= 0.3 is 5.97 Å². The van der Waals surface area contributed by atoms with Crippen molar-refractivity contribution in [1.82, 2.24) is 4.90 Å². The Kier molecular flexibility index (Phi) is 6.50. The number of aliphatic carboxylic acids is 1. The van der Waals surface area contributed by atoms with Crippen LogP contribution in [-0.2, 0) is 14.4 Å². The average Bonchev–Trinajstić information content (AvgIpc) is 3.01. The highest BCUT2D eigenvalue weighted by Gasteiger charge is 2.46. The van der Waals surface area contributed by atoms with E-state index in [-0.39, 0.29) is 24.3 Å². The minimum absolute atomic E-state index is 0.148. The smallest absolute Gasteiger partial charge is 0.305 e. The summed E-state index contributed by atoms with van der Waals surface area (Å²) in [6.07, 6.45) is -0.363. The molecule has 8 nitrogen and oxygen atoms in total. The minimum atomic E-state index is -1.12. The molecule has 3 rings (SSSR count). The van der Waals surface area contributed by atoms with Crippen molar-refractivity contribution in [2.75, 3.05) is 20.8 Å². The maximum absolute atomic E-state index is 12.9. The van der Waals surface area contributed by atoms with Gasteiger partial charge in [0.1, 0.15) is 5.76 Å². The van der Waals surface area contributed by atoms with Crippen molar-refractivity contribution in [3.8, 4) is 11.5 Å². The molecule has 1 atom stereocenters. The quantitative estimate of drug-likeness (QED) is 0.382. The molecule has 1 fully saturated rings. The van der Waals surface area contributed by atoms with Gasteiger partial charge in [0.05, 0.1) is 32.3 Å². The Hall–Kier alpha value is -3.52. The Bertz CT molecular complexity index is 1060. The molecular formula is C22H20ClNO7. The Morgan fingerprint density at radius 3 is 2.26 bits per heavy atom. The average molecular weight is 446 g/mol. The van der Waals surface area contributed by atoms with Crippen molar-refractivity contribution >= 4 is 35.0 Å². The van der Waals surface area contributed by atoms with Crippen LogP contribution in [0.4, 0.5) is 0 Å². The van der Waals surface area contributed by atoms with E-state index in [0.29, 0.717) is 27.6 Å². The standard InChI is InChI=1S/C22H20ClNO7/c1-30-15-8-5-13(11-16(15)31-2)19-18(20(27)12-3-6-14(23)7-4-12)21(28)22(29)24(19)10-9-17(25)26/h3-8,11,19,27H,9-10H2,1-2H3,(H,25,26)/b20-18+/t19-/m1/s1. The van der Waals surface area contributed by atoms with Crippen LogP contribution in [0, 0.1) is 0 Å². The number of aliphatic hydroxyl groups excluding tert-OH is 1. The zero-order chi connectivity index (χ0) is 22.7. The molecule has 1 amide bonds. The van der Waals surface area contributed by atoms with Crippen LogP contribution < -0.4 is 9.47 Å². The molecule has 0 aliphatic carbocycles. The number of hydrogen-bond donors (Lipinski definition) is 2. The fraction of sp³-hybridized carbons (Fsp3) is 0.227. The van der Waals surface area contributed by atoms with Gasteiger partial charge < -0.3 is 24.6 Å². The maximum atomic E-state index is 12.9. The third kappa shape index (κ3) is 4.34. The predicted octanol–water partition coefficient (Wildman–Crippen LogP) is 3.25. The summed E-state index contributed by atoms with van der Waals surface area (Å²) in [6.45, 7) is -0.212. The number of Topliss-reactive ketones (excluding diaryl/α,β-unsaturated/α-hetero) is 1. The van der Waals surface area contributed by atoms with Crippen LogP contribution >= 0.6 is 11.6 Å². The topological polar surface area (TPSA) is 113 Å². The van der Waals surface area contributed by atoms with Crippen molar-refractivity contribution in [2.24, 2.45) is 0 Å². The number of carbonyl (C=O) groups excluding carboxylic acids is 2. The zero-order valence-electron chi connectivity index (χ0n) is 16.8. The number of ether oxygens (including phenoxy) is 2. The first-order valence-electron chi connectivity index (χ1n) is 9.26. The van der Waals surface area contributed by atoms with Crippen LogP contribution in [0.3, 0.4) is 0 Å². The molecule has 1 heterocycles. The van der Waals surface area contributed by atoms with E-state index in [1.54, 1.807) is 30.3 Å². The monoisotopic (exact) mass is 445 g/mol. The number of carbonyl (C=O) groups is 3. The van der Waals surface area contributed by atoms with Gasteiger partial charge in [-0.1, -0.05) is 17.7 Å². The highest BCUT2D eigenvalue weighted by Crippen LogP contribution is 2.42. The Morgan fingerprint density at radius 1 is 1.03 bits per heavy atom. The lowest BCUT2D eigenvalue weighted by atomic mass is 9.95. The van der Waals surface area contributed by atoms with E-state index < -0.39 is 23.7 Å². The summed E-state index contributed by atoms with van der Waals surface area (Å²) in [6, 6.07) is 9.94. The second-order valence-electron chi connectivity index (χ2n) is 6.76. The highest BCUT2D eigenvalue weighted by molar-refractivity contribution is 6.46. The van der Waals surface area contributed by atoms with Gasteiger partial charge in [0.2, 0.25) is 0 Å². The fourth-order valence-electron chi connectivity index (χ4n) is 3.46. The van der Waals surface area contributed by atoms with Crippen molar-refractivity contribution in [3.05, 3.63) is 64.2 Å². The summed E-state index contributed by atoms with van der Waals surface area (Å²) in [5.74, 6) is -2.51. The van der Waals surface area contributed by atoms with Gasteiger partial charge in [0.15, 0.2) is 11.5 Å². The number of halogens is 1. The molecule has 1 aliphatic rings. The number of aliphatic hydroxyl groups is 1. The van der Waals surface area contributed by atoms with E-state index in [9.17, 15) is 19.5 Å². The van der Waals surface area contributed by atoms with Crippen LogP contribution in [0.5, 0.6) is 11.5 Å². The van der Waals surface area contributed by atoms with E-state index in [1.165, 1.54) is 26.4 Å². The Balaban J connectivity index is 2.19. The van der Waals surface area contributed by atoms with Crippen LogP contribution in [0.2, 0.25) is 5.02 Å². The number of benzene rings is 2. The lowest BCUT2D eigenvalue weighted by molar-refractivity contribution is -0.142. The first-order valence-corrected chi connectivity index (χ1v) is 9.64. The van der Waals surface area contributed by atoms with E-state index >= 15 is 0 Å². The summed E-state index contributed by atoms with van der Waals surface area (Å²) < 4.78 is 10.5. The number of rotatable bonds is 7.